The fourth-order valence-corrected chi connectivity index (χ4v) is 2.67. The van der Waals surface area contributed by atoms with E-state index in [-0.39, 0.29) is 16.5 Å². The average Bonchev–Trinajstić information content (AvgIpc) is 2.61. The van der Waals surface area contributed by atoms with Gasteiger partial charge in [-0.1, -0.05) is 6.07 Å². The van der Waals surface area contributed by atoms with Gasteiger partial charge in [0, 0.05) is 5.39 Å². The first-order valence-corrected chi connectivity index (χ1v) is 8.21. The van der Waals surface area contributed by atoms with Crippen molar-refractivity contribution in [1.29, 1.82) is 0 Å². The molecule has 0 atom stereocenters. The molecule has 28 heavy (non-hydrogen) atoms. The molecule has 0 unspecified atom stereocenters. The summed E-state index contributed by atoms with van der Waals surface area (Å²) in [5.41, 5.74) is -1.86. The molecular weight excluding hydrogens is 386 g/mol. The quantitative estimate of drug-likeness (QED) is 0.454. The number of benzene rings is 3. The summed E-state index contributed by atoms with van der Waals surface area (Å²) in [4.78, 5) is 0. The van der Waals surface area contributed by atoms with E-state index in [0.717, 1.165) is 36.4 Å². The Kier molecular flexibility index (Phi) is 5.14. The summed E-state index contributed by atoms with van der Waals surface area (Å²) in [6, 6.07) is 9.60. The van der Waals surface area contributed by atoms with E-state index in [9.17, 15) is 26.3 Å². The monoisotopic (exact) mass is 400 g/mol. The van der Waals surface area contributed by atoms with Gasteiger partial charge in [0.2, 0.25) is 0 Å². The number of rotatable bonds is 5. The first-order valence-electron chi connectivity index (χ1n) is 8.21. The van der Waals surface area contributed by atoms with Gasteiger partial charge in [0.15, 0.2) is 0 Å². The SMILES string of the molecule is CCOc1ccc(C(F)(F)Oc2ccc3c(F)c(C(F)(F)F)ccc3c2)cc1. The number of alkyl halides is 5. The van der Waals surface area contributed by atoms with E-state index in [1.54, 1.807) is 6.92 Å². The van der Waals surface area contributed by atoms with E-state index < -0.39 is 29.2 Å². The van der Waals surface area contributed by atoms with E-state index in [4.69, 9.17) is 9.47 Å². The van der Waals surface area contributed by atoms with Gasteiger partial charge in [-0.25, -0.2) is 4.39 Å². The summed E-state index contributed by atoms with van der Waals surface area (Å²) >= 11 is 0. The number of ether oxygens (including phenoxy) is 2. The summed E-state index contributed by atoms with van der Waals surface area (Å²) in [5, 5.41) is -0.336. The Balaban J connectivity index is 1.89. The lowest BCUT2D eigenvalue weighted by Gasteiger charge is -2.19. The maximum Gasteiger partial charge on any atom is 0.426 e. The number of halogens is 6. The zero-order chi connectivity index (χ0) is 20.5. The van der Waals surface area contributed by atoms with E-state index in [1.165, 1.54) is 12.1 Å². The predicted molar refractivity (Wildman–Crippen MR) is 91.0 cm³/mol. The van der Waals surface area contributed by atoms with Crippen LogP contribution < -0.4 is 9.47 Å². The first kappa shape index (κ1) is 19.9. The molecule has 0 bridgehead atoms. The molecule has 0 heterocycles. The minimum absolute atomic E-state index is 0.00509. The molecular formula is C20H14F6O2. The van der Waals surface area contributed by atoms with Crippen LogP contribution in [0.3, 0.4) is 0 Å². The molecule has 0 aliphatic rings. The molecule has 0 aliphatic heterocycles. The minimum atomic E-state index is -4.85. The van der Waals surface area contributed by atoms with Crippen molar-refractivity contribution >= 4 is 10.8 Å². The van der Waals surface area contributed by atoms with Crippen LogP contribution in [0.25, 0.3) is 10.8 Å². The van der Waals surface area contributed by atoms with Crippen molar-refractivity contribution in [2.24, 2.45) is 0 Å². The number of hydrogen-bond acceptors (Lipinski definition) is 2. The molecule has 148 valence electrons. The zero-order valence-electron chi connectivity index (χ0n) is 14.5. The summed E-state index contributed by atoms with van der Waals surface area (Å²) in [5.74, 6) is -1.36. The highest BCUT2D eigenvalue weighted by atomic mass is 19.4. The normalized spacial score (nSPS) is 12.2. The molecule has 3 aromatic carbocycles. The molecule has 0 spiro atoms. The van der Waals surface area contributed by atoms with Gasteiger partial charge in [-0.3, -0.25) is 0 Å². The number of hydrogen-bond donors (Lipinski definition) is 0. The third kappa shape index (κ3) is 4.00. The van der Waals surface area contributed by atoms with Crippen molar-refractivity contribution < 1.29 is 35.8 Å². The van der Waals surface area contributed by atoms with Crippen molar-refractivity contribution in [3.8, 4) is 11.5 Å². The summed E-state index contributed by atoms with van der Waals surface area (Å²) in [6.07, 6.45) is -8.56. The van der Waals surface area contributed by atoms with Gasteiger partial charge in [-0.2, -0.15) is 22.0 Å². The predicted octanol–water partition coefficient (Wildman–Crippen LogP) is 6.52. The lowest BCUT2D eigenvalue weighted by molar-refractivity contribution is -0.185. The van der Waals surface area contributed by atoms with Crippen molar-refractivity contribution in [3.63, 3.8) is 0 Å². The summed E-state index contributed by atoms with van der Waals surface area (Å²) in [7, 11) is 0. The van der Waals surface area contributed by atoms with Gasteiger partial charge in [0.1, 0.15) is 17.3 Å². The van der Waals surface area contributed by atoms with E-state index in [0.29, 0.717) is 18.4 Å². The number of fused-ring (bicyclic) bond motifs is 1. The fraction of sp³-hybridized carbons (Fsp3) is 0.200. The summed E-state index contributed by atoms with van der Waals surface area (Å²) in [6.45, 7) is 2.14. The van der Waals surface area contributed by atoms with Crippen LogP contribution in [-0.2, 0) is 12.3 Å². The molecule has 0 fully saturated rings. The van der Waals surface area contributed by atoms with Crippen LogP contribution in [0.5, 0.6) is 11.5 Å². The van der Waals surface area contributed by atoms with Crippen molar-refractivity contribution in [2.75, 3.05) is 6.61 Å². The molecule has 3 rings (SSSR count). The first-order chi connectivity index (χ1) is 13.1. The highest BCUT2D eigenvalue weighted by molar-refractivity contribution is 5.85. The molecule has 3 aromatic rings. The molecule has 0 saturated carbocycles. The van der Waals surface area contributed by atoms with Crippen LogP contribution in [0.15, 0.2) is 54.6 Å². The van der Waals surface area contributed by atoms with Crippen molar-refractivity contribution in [2.45, 2.75) is 19.2 Å². The van der Waals surface area contributed by atoms with Crippen molar-refractivity contribution in [3.05, 3.63) is 71.5 Å². The Morgan fingerprint density at radius 2 is 1.46 bits per heavy atom. The fourth-order valence-electron chi connectivity index (χ4n) is 2.67. The lowest BCUT2D eigenvalue weighted by Crippen LogP contribution is -2.21. The maximum absolute atomic E-state index is 14.4. The standard InChI is InChI=1S/C20H14F6O2/c1-2-27-14-6-4-13(5-7-14)20(25,26)28-15-8-9-16-12(11-15)3-10-17(18(16)21)19(22,23)24/h3-11H,2H2,1H3. The van der Waals surface area contributed by atoms with Crippen LogP contribution >= 0.6 is 0 Å². The van der Waals surface area contributed by atoms with Crippen LogP contribution in [-0.4, -0.2) is 6.61 Å². The molecule has 0 aromatic heterocycles. The second-order valence-electron chi connectivity index (χ2n) is 5.88. The molecule has 0 radical (unpaired) electrons. The molecule has 0 amide bonds. The molecule has 0 N–H and O–H groups in total. The Labute approximate surface area is 156 Å². The molecule has 0 aliphatic carbocycles. The van der Waals surface area contributed by atoms with E-state index in [2.05, 4.69) is 0 Å². The summed E-state index contributed by atoms with van der Waals surface area (Å²) < 4.78 is 91.0. The van der Waals surface area contributed by atoms with E-state index in [1.807, 2.05) is 0 Å². The van der Waals surface area contributed by atoms with Gasteiger partial charge in [0.25, 0.3) is 0 Å². The second kappa shape index (κ2) is 7.26. The minimum Gasteiger partial charge on any atom is -0.494 e. The smallest absolute Gasteiger partial charge is 0.426 e. The highest BCUT2D eigenvalue weighted by Crippen LogP contribution is 2.37. The van der Waals surface area contributed by atoms with Gasteiger partial charge >= 0.3 is 12.3 Å². The van der Waals surface area contributed by atoms with E-state index >= 15 is 0 Å². The third-order valence-electron chi connectivity index (χ3n) is 3.98. The van der Waals surface area contributed by atoms with Gasteiger partial charge < -0.3 is 9.47 Å². The van der Waals surface area contributed by atoms with Crippen LogP contribution in [0.1, 0.15) is 18.1 Å². The van der Waals surface area contributed by atoms with Gasteiger partial charge in [-0.15, -0.1) is 0 Å². The lowest BCUT2D eigenvalue weighted by atomic mass is 10.1. The van der Waals surface area contributed by atoms with Gasteiger partial charge in [0.05, 0.1) is 17.7 Å². The largest absolute Gasteiger partial charge is 0.494 e. The molecule has 0 saturated heterocycles. The Hall–Kier alpha value is -2.90. The second-order valence-corrected chi connectivity index (χ2v) is 5.88. The van der Waals surface area contributed by atoms with Crippen LogP contribution in [0, 0.1) is 5.82 Å². The highest BCUT2D eigenvalue weighted by Gasteiger charge is 2.36. The van der Waals surface area contributed by atoms with Crippen LogP contribution in [0.4, 0.5) is 26.3 Å². The molecule has 8 heteroatoms. The van der Waals surface area contributed by atoms with Crippen LogP contribution in [0.2, 0.25) is 0 Å². The topological polar surface area (TPSA) is 18.5 Å². The Bertz CT molecular complexity index is 980. The van der Waals surface area contributed by atoms with Crippen molar-refractivity contribution in [1.82, 2.24) is 0 Å². The molecule has 2 nitrogen and oxygen atoms in total. The zero-order valence-corrected chi connectivity index (χ0v) is 14.5. The Morgan fingerprint density at radius 1 is 0.821 bits per heavy atom. The van der Waals surface area contributed by atoms with Gasteiger partial charge in [-0.05, 0) is 60.8 Å². The average molecular weight is 400 g/mol. The Morgan fingerprint density at radius 3 is 2.07 bits per heavy atom. The maximum atomic E-state index is 14.4. The third-order valence-corrected chi connectivity index (χ3v) is 3.98.